The van der Waals surface area contributed by atoms with Crippen LogP contribution in [0.15, 0.2) is 12.1 Å². The van der Waals surface area contributed by atoms with Crippen molar-refractivity contribution in [1.29, 1.82) is 0 Å². The summed E-state index contributed by atoms with van der Waals surface area (Å²) in [6.45, 7) is 1.65. The summed E-state index contributed by atoms with van der Waals surface area (Å²) in [5.41, 5.74) is 0.350. The molecule has 0 aliphatic carbocycles. The molecule has 0 bridgehead atoms. The van der Waals surface area contributed by atoms with Crippen LogP contribution in [0.2, 0.25) is 0 Å². The lowest BCUT2D eigenvalue weighted by Gasteiger charge is -2.06. The van der Waals surface area contributed by atoms with Crippen LogP contribution < -0.4 is 5.32 Å². The molecular weight excluding hydrogens is 247 g/mol. The zero-order chi connectivity index (χ0) is 13.4. The lowest BCUT2D eigenvalue weighted by Crippen LogP contribution is -2.17. The van der Waals surface area contributed by atoms with E-state index in [9.17, 15) is 13.2 Å². The fourth-order valence-electron chi connectivity index (χ4n) is 1.41. The highest BCUT2D eigenvalue weighted by Crippen LogP contribution is 2.13. The summed E-state index contributed by atoms with van der Waals surface area (Å²) in [5, 5.41) is 11.4. The maximum atomic E-state index is 12.9. The Balaban J connectivity index is 2.23. The van der Waals surface area contributed by atoms with Gasteiger partial charge in [-0.05, 0) is 30.7 Å². The molecule has 1 aromatic carbocycles. The van der Waals surface area contributed by atoms with Gasteiger partial charge in [-0.3, -0.25) is 0 Å². The van der Waals surface area contributed by atoms with Gasteiger partial charge in [0.05, 0.1) is 13.2 Å². The van der Waals surface area contributed by atoms with Gasteiger partial charge in [0.1, 0.15) is 0 Å². The van der Waals surface area contributed by atoms with Crippen molar-refractivity contribution in [3.05, 3.63) is 35.1 Å². The molecule has 0 amide bonds. The molecule has 1 rings (SSSR count). The highest BCUT2D eigenvalue weighted by Gasteiger charge is 2.09. The van der Waals surface area contributed by atoms with E-state index in [0.29, 0.717) is 31.7 Å². The molecular formula is C12H16F3NO2. The summed E-state index contributed by atoms with van der Waals surface area (Å²) in [5.74, 6) is -3.81. The van der Waals surface area contributed by atoms with Crippen LogP contribution in [0.25, 0.3) is 0 Å². The van der Waals surface area contributed by atoms with E-state index in [1.165, 1.54) is 0 Å². The fourth-order valence-corrected chi connectivity index (χ4v) is 1.41. The maximum Gasteiger partial charge on any atom is 0.194 e. The molecule has 0 unspecified atom stereocenters. The lowest BCUT2D eigenvalue weighted by molar-refractivity contribution is 0.0907. The molecule has 0 aliphatic rings. The summed E-state index contributed by atoms with van der Waals surface area (Å²) in [6.07, 6.45) is 0.714. The smallest absolute Gasteiger partial charge is 0.194 e. The zero-order valence-electron chi connectivity index (χ0n) is 9.89. The minimum absolute atomic E-state index is 0.0123. The van der Waals surface area contributed by atoms with Gasteiger partial charge in [-0.2, -0.15) is 0 Å². The molecule has 1 aromatic rings. The molecule has 102 valence electrons. The highest BCUT2D eigenvalue weighted by atomic mass is 19.2. The number of rotatable bonds is 8. The van der Waals surface area contributed by atoms with E-state index in [1.54, 1.807) is 0 Å². The Hall–Kier alpha value is -1.11. The SMILES string of the molecule is OCCOCCCNCc1cc(F)c(F)c(F)c1. The second-order valence-electron chi connectivity index (χ2n) is 3.74. The number of halogens is 3. The van der Waals surface area contributed by atoms with Crippen molar-refractivity contribution >= 4 is 0 Å². The third kappa shape index (κ3) is 5.03. The summed E-state index contributed by atoms with van der Waals surface area (Å²) < 4.78 is 43.4. The van der Waals surface area contributed by atoms with Gasteiger partial charge in [0.2, 0.25) is 0 Å². The van der Waals surface area contributed by atoms with Crippen molar-refractivity contribution in [1.82, 2.24) is 5.32 Å². The molecule has 0 aliphatic heterocycles. The van der Waals surface area contributed by atoms with Crippen LogP contribution in [-0.2, 0) is 11.3 Å². The first kappa shape index (κ1) is 14.9. The van der Waals surface area contributed by atoms with Gasteiger partial charge < -0.3 is 15.2 Å². The van der Waals surface area contributed by atoms with Crippen molar-refractivity contribution in [2.75, 3.05) is 26.4 Å². The second-order valence-corrected chi connectivity index (χ2v) is 3.74. The van der Waals surface area contributed by atoms with Gasteiger partial charge >= 0.3 is 0 Å². The second kappa shape index (κ2) is 8.07. The van der Waals surface area contributed by atoms with Gasteiger partial charge in [0.25, 0.3) is 0 Å². The first-order valence-electron chi connectivity index (χ1n) is 5.68. The Morgan fingerprint density at radius 2 is 1.78 bits per heavy atom. The first-order chi connectivity index (χ1) is 8.65. The quantitative estimate of drug-likeness (QED) is 0.553. The van der Waals surface area contributed by atoms with E-state index < -0.39 is 17.5 Å². The molecule has 0 saturated carbocycles. The van der Waals surface area contributed by atoms with Crippen LogP contribution in [0.5, 0.6) is 0 Å². The van der Waals surface area contributed by atoms with Crippen LogP contribution in [0, 0.1) is 17.5 Å². The number of aliphatic hydroxyl groups is 1. The molecule has 0 fully saturated rings. The number of hydrogen-bond donors (Lipinski definition) is 2. The minimum Gasteiger partial charge on any atom is -0.394 e. The van der Waals surface area contributed by atoms with E-state index in [2.05, 4.69) is 5.32 Å². The number of benzene rings is 1. The summed E-state index contributed by atoms with van der Waals surface area (Å²) >= 11 is 0. The number of nitrogens with one attached hydrogen (secondary N) is 1. The highest BCUT2D eigenvalue weighted by molar-refractivity contribution is 5.19. The minimum atomic E-state index is -1.45. The molecule has 0 aromatic heterocycles. The van der Waals surface area contributed by atoms with Crippen molar-refractivity contribution in [2.24, 2.45) is 0 Å². The molecule has 0 spiro atoms. The van der Waals surface area contributed by atoms with Crippen LogP contribution in [0.4, 0.5) is 13.2 Å². The number of hydrogen-bond acceptors (Lipinski definition) is 3. The maximum absolute atomic E-state index is 12.9. The Morgan fingerprint density at radius 3 is 2.39 bits per heavy atom. The van der Waals surface area contributed by atoms with E-state index in [-0.39, 0.29) is 13.2 Å². The van der Waals surface area contributed by atoms with Gasteiger partial charge in [-0.1, -0.05) is 0 Å². The molecule has 2 N–H and O–H groups in total. The van der Waals surface area contributed by atoms with Crippen LogP contribution >= 0.6 is 0 Å². The Kier molecular flexibility index (Phi) is 6.70. The fraction of sp³-hybridized carbons (Fsp3) is 0.500. The predicted molar refractivity (Wildman–Crippen MR) is 60.5 cm³/mol. The first-order valence-corrected chi connectivity index (χ1v) is 5.68. The Bertz CT molecular complexity index is 351. The molecule has 0 radical (unpaired) electrons. The summed E-state index contributed by atoms with van der Waals surface area (Å²) in [4.78, 5) is 0. The molecule has 3 nitrogen and oxygen atoms in total. The molecule has 0 saturated heterocycles. The molecule has 6 heteroatoms. The van der Waals surface area contributed by atoms with E-state index >= 15 is 0 Å². The molecule has 18 heavy (non-hydrogen) atoms. The summed E-state index contributed by atoms with van der Waals surface area (Å²) in [6, 6.07) is 1.93. The van der Waals surface area contributed by atoms with Crippen LogP contribution in [-0.4, -0.2) is 31.5 Å². The third-order valence-electron chi connectivity index (χ3n) is 2.25. The summed E-state index contributed by atoms with van der Waals surface area (Å²) in [7, 11) is 0. The van der Waals surface area contributed by atoms with Crippen molar-refractivity contribution < 1.29 is 23.0 Å². The van der Waals surface area contributed by atoms with Gasteiger partial charge in [-0.15, -0.1) is 0 Å². The van der Waals surface area contributed by atoms with E-state index in [0.717, 1.165) is 12.1 Å². The third-order valence-corrected chi connectivity index (χ3v) is 2.25. The Morgan fingerprint density at radius 1 is 1.11 bits per heavy atom. The number of ether oxygens (including phenoxy) is 1. The van der Waals surface area contributed by atoms with Crippen molar-refractivity contribution in [3.63, 3.8) is 0 Å². The number of aliphatic hydroxyl groups excluding tert-OH is 1. The van der Waals surface area contributed by atoms with Gasteiger partial charge in [-0.25, -0.2) is 13.2 Å². The van der Waals surface area contributed by atoms with E-state index in [1.807, 2.05) is 0 Å². The zero-order valence-corrected chi connectivity index (χ0v) is 9.89. The largest absolute Gasteiger partial charge is 0.394 e. The standard InChI is InChI=1S/C12H16F3NO2/c13-10-6-9(7-11(14)12(10)15)8-16-2-1-4-18-5-3-17/h6-7,16-17H,1-5,8H2. The topological polar surface area (TPSA) is 41.5 Å². The van der Waals surface area contributed by atoms with Crippen molar-refractivity contribution in [2.45, 2.75) is 13.0 Å². The van der Waals surface area contributed by atoms with Gasteiger partial charge in [0, 0.05) is 13.2 Å². The average molecular weight is 263 g/mol. The normalized spacial score (nSPS) is 10.9. The van der Waals surface area contributed by atoms with Crippen LogP contribution in [0.1, 0.15) is 12.0 Å². The van der Waals surface area contributed by atoms with Gasteiger partial charge in [0.15, 0.2) is 17.5 Å². The molecule has 0 atom stereocenters. The molecule has 0 heterocycles. The average Bonchev–Trinajstić information content (AvgIpc) is 2.34. The Labute approximate surface area is 104 Å². The predicted octanol–water partition coefficient (Wildman–Crippen LogP) is 1.59. The van der Waals surface area contributed by atoms with E-state index in [4.69, 9.17) is 9.84 Å². The lowest BCUT2D eigenvalue weighted by atomic mass is 10.2. The van der Waals surface area contributed by atoms with Crippen LogP contribution in [0.3, 0.4) is 0 Å². The van der Waals surface area contributed by atoms with Crippen molar-refractivity contribution in [3.8, 4) is 0 Å². The monoisotopic (exact) mass is 263 g/mol.